The van der Waals surface area contributed by atoms with Crippen molar-refractivity contribution in [2.75, 3.05) is 20.0 Å². The second-order valence-corrected chi connectivity index (χ2v) is 10.5. The number of hydrogen-bond acceptors (Lipinski definition) is 6. The molecule has 1 N–H and O–H groups in total. The number of carbonyl (C=O) groups is 1. The second kappa shape index (κ2) is 9.40. The van der Waals surface area contributed by atoms with E-state index in [1.54, 1.807) is 25.3 Å². The fourth-order valence-corrected chi connectivity index (χ4v) is 4.22. The van der Waals surface area contributed by atoms with Gasteiger partial charge in [-0.25, -0.2) is 17.8 Å². The first-order valence-corrected chi connectivity index (χ1v) is 12.1. The lowest BCUT2D eigenvalue weighted by Gasteiger charge is -2.22. The highest BCUT2D eigenvalue weighted by Gasteiger charge is 2.43. The highest BCUT2D eigenvalue weighted by molar-refractivity contribution is 7.92. The van der Waals surface area contributed by atoms with Gasteiger partial charge in [0.2, 0.25) is 0 Å². The first-order valence-electron chi connectivity index (χ1n) is 10.2. The second-order valence-electron chi connectivity index (χ2n) is 8.09. The third kappa shape index (κ3) is 4.96. The molecule has 0 aliphatic rings. The number of rotatable bonds is 9. The Morgan fingerprint density at radius 2 is 1.97 bits per heavy atom. The summed E-state index contributed by atoms with van der Waals surface area (Å²) in [4.78, 5) is 28.7. The maximum Gasteiger partial charge on any atom is 0.324 e. The number of aliphatic carboxylic acids is 1. The average Bonchev–Trinajstić information content (AvgIpc) is 2.76. The van der Waals surface area contributed by atoms with Crippen molar-refractivity contribution in [2.24, 2.45) is 0 Å². The summed E-state index contributed by atoms with van der Waals surface area (Å²) in [7, 11) is -2.34. The van der Waals surface area contributed by atoms with Crippen LogP contribution in [0.2, 0.25) is 0 Å². The average molecular weight is 477 g/mol. The monoisotopic (exact) mass is 476 g/mol. The van der Waals surface area contributed by atoms with Crippen LogP contribution < -0.4 is 5.56 Å². The maximum absolute atomic E-state index is 14.7. The van der Waals surface area contributed by atoms with E-state index < -0.39 is 31.9 Å². The molecule has 1 heterocycles. The summed E-state index contributed by atoms with van der Waals surface area (Å²) in [6.45, 7) is 1.46. The Bertz CT molecular complexity index is 1370. The first kappa shape index (κ1) is 24.5. The van der Waals surface area contributed by atoms with Gasteiger partial charge in [-0.2, -0.15) is 0 Å². The molecule has 2 aromatic carbocycles. The predicted molar refractivity (Wildman–Crippen MR) is 122 cm³/mol. The van der Waals surface area contributed by atoms with Crippen molar-refractivity contribution < 1.29 is 27.4 Å². The molecule has 0 saturated carbocycles. The minimum atomic E-state index is -3.92. The summed E-state index contributed by atoms with van der Waals surface area (Å²) in [5.74, 6) is -1.88. The Labute approximate surface area is 190 Å². The largest absolute Gasteiger partial charge is 0.480 e. The zero-order valence-corrected chi connectivity index (χ0v) is 19.4. The van der Waals surface area contributed by atoms with Crippen LogP contribution in [-0.4, -0.2) is 53.8 Å². The lowest BCUT2D eigenvalue weighted by Crippen LogP contribution is -2.44. The molecular weight excluding hydrogens is 451 g/mol. The molecule has 0 aliphatic heterocycles. The van der Waals surface area contributed by atoms with Gasteiger partial charge in [0.1, 0.15) is 5.82 Å². The van der Waals surface area contributed by atoms with Gasteiger partial charge in [0, 0.05) is 25.5 Å². The number of hydrogen-bond donors (Lipinski definition) is 1. The quantitative estimate of drug-likeness (QED) is 0.505. The van der Waals surface area contributed by atoms with Crippen LogP contribution in [0.25, 0.3) is 22.0 Å². The van der Waals surface area contributed by atoms with E-state index in [-0.39, 0.29) is 18.4 Å². The molecule has 0 amide bonds. The molecule has 0 fully saturated rings. The smallest absolute Gasteiger partial charge is 0.324 e. The van der Waals surface area contributed by atoms with Crippen molar-refractivity contribution in [2.45, 2.75) is 31.1 Å². The number of nitrogens with zero attached hydrogens (tertiary/aromatic N) is 2. The van der Waals surface area contributed by atoms with Crippen molar-refractivity contribution >= 4 is 26.7 Å². The standard InChI is InChI=1S/C23H25FN2O6S/c1-23(22(28)29,33(3,30)31)9-10-26-14-25-20-13-16(5-7-18(20)21(26)27)17-6-4-15(8-11-32-2)12-19(17)24/h4-7,12-14H,8-11H2,1-3H3,(H,28,29)/t23-/m1/s1. The Balaban J connectivity index is 1.91. The third-order valence-corrected chi connectivity index (χ3v) is 7.88. The van der Waals surface area contributed by atoms with Gasteiger partial charge in [0.05, 0.1) is 23.8 Å². The fourth-order valence-electron chi connectivity index (χ4n) is 3.44. The number of benzene rings is 2. The number of aryl methyl sites for hydroxylation is 1. The van der Waals surface area contributed by atoms with Crippen molar-refractivity contribution in [3.05, 3.63) is 64.5 Å². The van der Waals surface area contributed by atoms with E-state index in [1.165, 1.54) is 23.0 Å². The number of carboxylic acid groups (broad SMARTS) is 1. The van der Waals surface area contributed by atoms with Gasteiger partial charge in [0.25, 0.3) is 5.56 Å². The highest BCUT2D eigenvalue weighted by atomic mass is 32.2. The number of fused-ring (bicyclic) bond motifs is 1. The normalized spacial score (nSPS) is 13.7. The van der Waals surface area contributed by atoms with Gasteiger partial charge < -0.3 is 9.84 Å². The van der Waals surface area contributed by atoms with E-state index in [1.807, 2.05) is 6.07 Å². The number of methoxy groups -OCH3 is 1. The predicted octanol–water partition coefficient (Wildman–Crippen LogP) is 2.67. The Morgan fingerprint density at radius 3 is 2.58 bits per heavy atom. The Kier molecular flexibility index (Phi) is 6.99. The molecular formula is C23H25FN2O6S. The van der Waals surface area contributed by atoms with Gasteiger partial charge in [-0.3, -0.25) is 14.2 Å². The van der Waals surface area contributed by atoms with Crippen LogP contribution in [0.15, 0.2) is 47.5 Å². The lowest BCUT2D eigenvalue weighted by atomic mass is 10.0. The fraction of sp³-hybridized carbons (Fsp3) is 0.348. The van der Waals surface area contributed by atoms with Crippen LogP contribution in [0.3, 0.4) is 0 Å². The molecule has 0 aliphatic carbocycles. The lowest BCUT2D eigenvalue weighted by molar-refractivity contribution is -0.139. The number of aromatic nitrogens is 2. The molecule has 3 rings (SSSR count). The van der Waals surface area contributed by atoms with Crippen LogP contribution in [0, 0.1) is 5.82 Å². The van der Waals surface area contributed by atoms with Gasteiger partial charge in [0.15, 0.2) is 14.6 Å². The van der Waals surface area contributed by atoms with E-state index in [0.717, 1.165) is 18.7 Å². The molecule has 0 saturated heterocycles. The molecule has 0 bridgehead atoms. The van der Waals surface area contributed by atoms with Crippen molar-refractivity contribution in [3.8, 4) is 11.1 Å². The zero-order valence-electron chi connectivity index (χ0n) is 18.5. The summed E-state index contributed by atoms with van der Waals surface area (Å²) in [6.07, 6.45) is 2.39. The SMILES string of the molecule is COCCc1ccc(-c2ccc3c(=O)n(CC[C@](C)(C(=O)O)S(C)(=O)=O)cnc3c2)c(F)c1. The molecule has 0 spiro atoms. The van der Waals surface area contributed by atoms with Crippen molar-refractivity contribution in [3.63, 3.8) is 0 Å². The third-order valence-electron chi connectivity index (χ3n) is 5.87. The Hall–Kier alpha value is -3.11. The number of carboxylic acids is 1. The highest BCUT2D eigenvalue weighted by Crippen LogP contribution is 2.26. The molecule has 176 valence electrons. The van der Waals surface area contributed by atoms with Crippen LogP contribution >= 0.6 is 0 Å². The molecule has 1 aromatic heterocycles. The van der Waals surface area contributed by atoms with E-state index >= 15 is 0 Å². The van der Waals surface area contributed by atoms with E-state index in [9.17, 15) is 27.5 Å². The summed E-state index contributed by atoms with van der Waals surface area (Å²) in [6, 6.07) is 9.68. The summed E-state index contributed by atoms with van der Waals surface area (Å²) >= 11 is 0. The van der Waals surface area contributed by atoms with Crippen LogP contribution in [-0.2, 0) is 32.3 Å². The molecule has 1 atom stereocenters. The minimum absolute atomic E-state index is 0.142. The maximum atomic E-state index is 14.7. The molecule has 10 heteroatoms. The van der Waals surface area contributed by atoms with Crippen molar-refractivity contribution in [1.82, 2.24) is 9.55 Å². The first-order chi connectivity index (χ1) is 15.5. The van der Waals surface area contributed by atoms with E-state index in [2.05, 4.69) is 4.98 Å². The van der Waals surface area contributed by atoms with Gasteiger partial charge in [-0.05, 0) is 49.1 Å². The summed E-state index contributed by atoms with van der Waals surface area (Å²) in [5.41, 5.74) is 1.64. The van der Waals surface area contributed by atoms with Crippen LogP contribution in [0.5, 0.6) is 0 Å². The van der Waals surface area contributed by atoms with Gasteiger partial charge in [-0.15, -0.1) is 0 Å². The Morgan fingerprint density at radius 1 is 1.24 bits per heavy atom. The topological polar surface area (TPSA) is 116 Å². The van der Waals surface area contributed by atoms with Crippen molar-refractivity contribution in [1.29, 1.82) is 0 Å². The minimum Gasteiger partial charge on any atom is -0.480 e. The molecule has 33 heavy (non-hydrogen) atoms. The van der Waals surface area contributed by atoms with Gasteiger partial charge in [-0.1, -0.05) is 18.2 Å². The van der Waals surface area contributed by atoms with Crippen LogP contribution in [0.1, 0.15) is 18.9 Å². The number of sulfone groups is 1. The molecule has 0 unspecified atom stereocenters. The van der Waals surface area contributed by atoms with Gasteiger partial charge >= 0.3 is 5.97 Å². The molecule has 0 radical (unpaired) electrons. The van der Waals surface area contributed by atoms with E-state index in [4.69, 9.17) is 4.74 Å². The van der Waals surface area contributed by atoms with Crippen LogP contribution in [0.4, 0.5) is 4.39 Å². The summed E-state index contributed by atoms with van der Waals surface area (Å²) in [5, 5.41) is 9.65. The van der Waals surface area contributed by atoms with E-state index in [0.29, 0.717) is 29.7 Å². The summed E-state index contributed by atoms with van der Waals surface area (Å²) < 4.78 is 42.7. The molecule has 8 nitrogen and oxygen atoms in total. The number of ether oxygens (including phenoxy) is 1. The zero-order chi connectivity index (χ0) is 24.4. The molecule has 3 aromatic rings. The number of halogens is 1.